The van der Waals surface area contributed by atoms with E-state index in [0.29, 0.717) is 28.9 Å². The van der Waals surface area contributed by atoms with Crippen molar-refractivity contribution in [2.24, 2.45) is 0 Å². The highest BCUT2D eigenvalue weighted by atomic mass is 16.6. The molecule has 3 aromatic carbocycles. The van der Waals surface area contributed by atoms with Gasteiger partial charge in [-0.1, -0.05) is 49.4 Å². The Morgan fingerprint density at radius 3 is 2.17 bits per heavy atom. The van der Waals surface area contributed by atoms with Crippen molar-refractivity contribution in [2.45, 2.75) is 60.1 Å². The number of rotatable bonds is 6. The molecule has 0 saturated carbocycles. The number of amides is 2. The Morgan fingerprint density at radius 1 is 0.900 bits per heavy atom. The summed E-state index contributed by atoms with van der Waals surface area (Å²) in [5.41, 5.74) is 5.89. The topological polar surface area (TPSA) is 81.5 Å². The van der Waals surface area contributed by atoms with Crippen LogP contribution in [0.1, 0.15) is 63.3 Å². The number of imidazole rings is 1. The largest absolute Gasteiger partial charge is 0.456 e. The minimum Gasteiger partial charge on any atom is -0.456 e. The summed E-state index contributed by atoms with van der Waals surface area (Å²) in [5, 5.41) is 0. The van der Waals surface area contributed by atoms with E-state index in [2.05, 4.69) is 11.5 Å². The molecule has 7 nitrogen and oxygen atoms in total. The first-order valence-electron chi connectivity index (χ1n) is 13.5. The second-order valence-corrected chi connectivity index (χ2v) is 11.1. The molecule has 0 atom stereocenters. The third kappa shape index (κ3) is 4.95. The molecule has 4 aromatic rings. The van der Waals surface area contributed by atoms with Gasteiger partial charge in [0.2, 0.25) is 0 Å². The molecule has 0 bridgehead atoms. The molecule has 5 rings (SSSR count). The third-order valence-electron chi connectivity index (χ3n) is 7.15. The Balaban J connectivity index is 1.46. The summed E-state index contributed by atoms with van der Waals surface area (Å²) in [7, 11) is 0. The fraction of sp³-hybridized carbons (Fsp3) is 0.273. The van der Waals surface area contributed by atoms with Gasteiger partial charge in [-0.2, -0.15) is 0 Å². The van der Waals surface area contributed by atoms with Gasteiger partial charge in [0.25, 0.3) is 11.8 Å². The second kappa shape index (κ2) is 10.2. The van der Waals surface area contributed by atoms with Gasteiger partial charge in [-0.05, 0) is 75.6 Å². The number of esters is 1. The molecule has 1 aromatic heterocycles. The van der Waals surface area contributed by atoms with Gasteiger partial charge in [-0.3, -0.25) is 9.59 Å². The maximum atomic E-state index is 12.8. The van der Waals surface area contributed by atoms with Crippen molar-refractivity contribution in [2.75, 3.05) is 4.90 Å². The lowest BCUT2D eigenvalue weighted by Gasteiger charge is -2.20. The van der Waals surface area contributed by atoms with E-state index in [1.54, 1.807) is 26.0 Å². The number of aryl methyl sites for hydroxylation is 1. The van der Waals surface area contributed by atoms with Gasteiger partial charge in [0, 0.05) is 24.1 Å². The van der Waals surface area contributed by atoms with Crippen LogP contribution in [0.4, 0.5) is 5.69 Å². The first-order chi connectivity index (χ1) is 19.0. The fourth-order valence-corrected chi connectivity index (χ4v) is 4.95. The van der Waals surface area contributed by atoms with Crippen molar-refractivity contribution in [1.82, 2.24) is 9.55 Å². The molecule has 0 aliphatic carbocycles. The van der Waals surface area contributed by atoms with E-state index in [4.69, 9.17) is 9.72 Å². The normalized spacial score (nSPS) is 14.0. The van der Waals surface area contributed by atoms with Crippen LogP contribution in [-0.2, 0) is 27.3 Å². The van der Waals surface area contributed by atoms with Gasteiger partial charge in [0.15, 0.2) is 0 Å². The maximum Gasteiger partial charge on any atom is 0.339 e. The van der Waals surface area contributed by atoms with E-state index in [1.807, 2.05) is 75.4 Å². The van der Waals surface area contributed by atoms with Gasteiger partial charge < -0.3 is 9.30 Å². The molecule has 7 heteroatoms. The van der Waals surface area contributed by atoms with Crippen LogP contribution in [0.2, 0.25) is 0 Å². The molecule has 40 heavy (non-hydrogen) atoms. The molecule has 0 saturated heterocycles. The van der Waals surface area contributed by atoms with E-state index in [0.717, 1.165) is 40.0 Å². The fourth-order valence-electron chi connectivity index (χ4n) is 4.95. The molecule has 0 N–H and O–H groups in total. The number of fused-ring (bicyclic) bond motifs is 1. The summed E-state index contributed by atoms with van der Waals surface area (Å²) in [4.78, 5) is 44.4. The number of carbonyl (C=O) groups is 3. The Labute approximate surface area is 234 Å². The predicted octanol–water partition coefficient (Wildman–Crippen LogP) is 6.48. The maximum absolute atomic E-state index is 12.8. The van der Waals surface area contributed by atoms with Crippen molar-refractivity contribution in [3.05, 3.63) is 94.8 Å². The smallest absolute Gasteiger partial charge is 0.339 e. The molecule has 1 aliphatic rings. The minimum absolute atomic E-state index is 0.286. The number of ether oxygens (including phenoxy) is 1. The molecule has 2 heterocycles. The molecule has 204 valence electrons. The Bertz CT molecular complexity index is 1660. The molecule has 0 fully saturated rings. The molecule has 0 radical (unpaired) electrons. The van der Waals surface area contributed by atoms with Crippen molar-refractivity contribution in [3.63, 3.8) is 0 Å². The van der Waals surface area contributed by atoms with E-state index in [1.165, 1.54) is 4.90 Å². The number of aromatic nitrogens is 2. The Hall–Kier alpha value is -4.52. The van der Waals surface area contributed by atoms with Gasteiger partial charge in [-0.15, -0.1) is 0 Å². The van der Waals surface area contributed by atoms with Crippen LogP contribution in [0, 0.1) is 0 Å². The molecular formula is C33H33N3O4. The van der Waals surface area contributed by atoms with E-state index in [-0.39, 0.29) is 17.8 Å². The van der Waals surface area contributed by atoms with Crippen molar-refractivity contribution in [3.8, 4) is 11.1 Å². The number of benzene rings is 3. The summed E-state index contributed by atoms with van der Waals surface area (Å²) in [6.07, 6.45) is 0.729. The number of hydrogen-bond acceptors (Lipinski definition) is 5. The lowest BCUT2D eigenvalue weighted by atomic mass is 9.98. The summed E-state index contributed by atoms with van der Waals surface area (Å²) < 4.78 is 7.75. The van der Waals surface area contributed by atoms with Gasteiger partial charge in [0.05, 0.1) is 22.3 Å². The third-order valence-corrected chi connectivity index (χ3v) is 7.15. The molecule has 2 amide bonds. The van der Waals surface area contributed by atoms with Crippen molar-refractivity contribution >= 4 is 34.5 Å². The number of carbonyl (C=O) groups excluding carboxylic acids is 3. The number of imide groups is 1. The molecule has 1 aliphatic heterocycles. The lowest BCUT2D eigenvalue weighted by Crippen LogP contribution is -2.31. The van der Waals surface area contributed by atoms with Crippen LogP contribution < -0.4 is 4.90 Å². The molecular weight excluding hydrogens is 502 g/mol. The zero-order chi connectivity index (χ0) is 28.8. The first kappa shape index (κ1) is 27.1. The summed E-state index contributed by atoms with van der Waals surface area (Å²) in [6, 6.07) is 21.1. The number of anilines is 1. The summed E-state index contributed by atoms with van der Waals surface area (Å²) in [6.45, 7) is 11.6. The Morgan fingerprint density at radius 2 is 1.55 bits per heavy atom. The SMILES string of the molecule is CCc1nc2ccc(N3C(=O)C(C)=C(C)C3=O)cc2n1Cc1ccc(-c2ccccc2C(=O)OC(C)(C)C)cc1. The zero-order valence-corrected chi connectivity index (χ0v) is 23.7. The highest BCUT2D eigenvalue weighted by Gasteiger charge is 2.34. The van der Waals surface area contributed by atoms with Crippen LogP contribution in [-0.4, -0.2) is 32.9 Å². The Kier molecular flexibility index (Phi) is 6.92. The van der Waals surface area contributed by atoms with Crippen LogP contribution in [0.5, 0.6) is 0 Å². The van der Waals surface area contributed by atoms with Crippen LogP contribution >= 0.6 is 0 Å². The second-order valence-electron chi connectivity index (χ2n) is 11.1. The van der Waals surface area contributed by atoms with Crippen molar-refractivity contribution in [1.29, 1.82) is 0 Å². The molecule has 0 spiro atoms. The number of hydrogen-bond donors (Lipinski definition) is 0. The van der Waals surface area contributed by atoms with Gasteiger partial charge in [0.1, 0.15) is 11.4 Å². The monoisotopic (exact) mass is 535 g/mol. The zero-order valence-electron chi connectivity index (χ0n) is 23.7. The van der Waals surface area contributed by atoms with Crippen LogP contribution in [0.25, 0.3) is 22.2 Å². The average molecular weight is 536 g/mol. The van der Waals surface area contributed by atoms with Gasteiger partial charge in [-0.25, -0.2) is 14.7 Å². The van der Waals surface area contributed by atoms with E-state index >= 15 is 0 Å². The van der Waals surface area contributed by atoms with Gasteiger partial charge >= 0.3 is 5.97 Å². The standard InChI is InChI=1S/C33H33N3O4/c1-7-29-34-27-17-16-24(36-30(37)20(2)21(3)31(36)38)18-28(27)35(29)19-22-12-14-23(15-13-22)25-10-8-9-11-26(25)32(39)40-33(4,5)6/h8-18H,7,19H2,1-6H3. The highest BCUT2D eigenvalue weighted by molar-refractivity contribution is 6.32. The predicted molar refractivity (Wildman–Crippen MR) is 156 cm³/mol. The van der Waals surface area contributed by atoms with Crippen molar-refractivity contribution < 1.29 is 19.1 Å². The quantitative estimate of drug-likeness (QED) is 0.209. The van der Waals surface area contributed by atoms with Crippen LogP contribution in [0.3, 0.4) is 0 Å². The molecule has 0 unspecified atom stereocenters. The minimum atomic E-state index is -0.581. The average Bonchev–Trinajstić information content (AvgIpc) is 3.37. The number of nitrogens with zero attached hydrogens (tertiary/aromatic N) is 3. The van der Waals surface area contributed by atoms with E-state index < -0.39 is 5.60 Å². The van der Waals surface area contributed by atoms with E-state index in [9.17, 15) is 14.4 Å². The van der Waals surface area contributed by atoms with Crippen LogP contribution in [0.15, 0.2) is 77.9 Å². The highest BCUT2D eigenvalue weighted by Crippen LogP contribution is 2.31. The lowest BCUT2D eigenvalue weighted by molar-refractivity contribution is -0.120. The first-order valence-corrected chi connectivity index (χ1v) is 13.5. The summed E-state index contributed by atoms with van der Waals surface area (Å²) >= 11 is 0. The summed E-state index contributed by atoms with van der Waals surface area (Å²) in [5.74, 6) is -0.0103.